The van der Waals surface area contributed by atoms with Crippen LogP contribution in [0.5, 0.6) is 0 Å². The summed E-state index contributed by atoms with van der Waals surface area (Å²) in [6.07, 6.45) is 6.30. The maximum absolute atomic E-state index is 12.6. The van der Waals surface area contributed by atoms with E-state index in [1.165, 1.54) is 12.2 Å². The van der Waals surface area contributed by atoms with E-state index in [0.29, 0.717) is 6.04 Å². The molecule has 2 heterocycles. The van der Waals surface area contributed by atoms with E-state index in [-0.39, 0.29) is 6.03 Å². The predicted octanol–water partition coefficient (Wildman–Crippen LogP) is 2.98. The van der Waals surface area contributed by atoms with Gasteiger partial charge in [0.25, 0.3) is 0 Å². The SMILES string of the molecule is CCS[C@@H]1CC[C@H](NC(=O)N2CCCN(c3ccccn3)CC2)C1. The lowest BCUT2D eigenvalue weighted by atomic mass is 10.2. The molecule has 1 saturated heterocycles. The van der Waals surface area contributed by atoms with Gasteiger partial charge in [-0.3, -0.25) is 0 Å². The molecule has 1 aromatic heterocycles. The van der Waals surface area contributed by atoms with Crippen LogP contribution in [-0.4, -0.2) is 59.1 Å². The molecule has 2 aliphatic rings. The fourth-order valence-corrected chi connectivity index (χ4v) is 4.76. The van der Waals surface area contributed by atoms with Gasteiger partial charge in [-0.1, -0.05) is 13.0 Å². The smallest absolute Gasteiger partial charge is 0.317 e. The first-order chi connectivity index (χ1) is 11.8. The monoisotopic (exact) mass is 348 g/mol. The molecule has 0 spiro atoms. The maximum Gasteiger partial charge on any atom is 0.317 e. The summed E-state index contributed by atoms with van der Waals surface area (Å²) in [5.41, 5.74) is 0. The van der Waals surface area contributed by atoms with E-state index in [9.17, 15) is 4.79 Å². The number of pyridine rings is 1. The third-order valence-electron chi connectivity index (χ3n) is 4.87. The number of thioether (sulfide) groups is 1. The van der Waals surface area contributed by atoms with Gasteiger partial charge in [0.2, 0.25) is 0 Å². The second-order valence-corrected chi connectivity index (χ2v) is 8.13. The van der Waals surface area contributed by atoms with E-state index in [1.54, 1.807) is 0 Å². The van der Waals surface area contributed by atoms with Crippen LogP contribution in [0.3, 0.4) is 0 Å². The molecule has 1 saturated carbocycles. The van der Waals surface area contributed by atoms with E-state index in [1.807, 2.05) is 41.1 Å². The number of rotatable bonds is 4. The Morgan fingerprint density at radius 2 is 2.21 bits per heavy atom. The average Bonchev–Trinajstić information content (AvgIpc) is 2.89. The lowest BCUT2D eigenvalue weighted by molar-refractivity contribution is 0.197. The maximum atomic E-state index is 12.6. The van der Waals surface area contributed by atoms with Crippen molar-refractivity contribution < 1.29 is 4.79 Å². The quantitative estimate of drug-likeness (QED) is 0.909. The second kappa shape index (κ2) is 8.60. The Bertz CT molecular complexity index is 527. The third-order valence-corrected chi connectivity index (χ3v) is 6.10. The van der Waals surface area contributed by atoms with Gasteiger partial charge in [0, 0.05) is 43.7 Å². The number of carbonyl (C=O) groups is 1. The van der Waals surface area contributed by atoms with Crippen LogP contribution in [0.1, 0.15) is 32.6 Å². The van der Waals surface area contributed by atoms with Gasteiger partial charge in [0.1, 0.15) is 5.82 Å². The zero-order valence-corrected chi connectivity index (χ0v) is 15.3. The lowest BCUT2D eigenvalue weighted by Crippen LogP contribution is -2.45. The second-order valence-electron chi connectivity index (χ2n) is 6.55. The highest BCUT2D eigenvalue weighted by molar-refractivity contribution is 7.99. The fraction of sp³-hybridized carbons (Fsp3) is 0.667. The zero-order valence-electron chi connectivity index (χ0n) is 14.5. The summed E-state index contributed by atoms with van der Waals surface area (Å²) in [6.45, 7) is 5.61. The van der Waals surface area contributed by atoms with Gasteiger partial charge in [-0.15, -0.1) is 0 Å². The molecule has 0 aromatic carbocycles. The topological polar surface area (TPSA) is 48.5 Å². The first-order valence-corrected chi connectivity index (χ1v) is 10.1. The molecule has 1 aliphatic heterocycles. The summed E-state index contributed by atoms with van der Waals surface area (Å²) in [6, 6.07) is 6.47. The van der Waals surface area contributed by atoms with Gasteiger partial charge in [-0.05, 0) is 43.6 Å². The lowest BCUT2D eigenvalue weighted by Gasteiger charge is -2.24. The first kappa shape index (κ1) is 17.4. The van der Waals surface area contributed by atoms with Gasteiger partial charge in [0.15, 0.2) is 0 Å². The van der Waals surface area contributed by atoms with Crippen LogP contribution in [0, 0.1) is 0 Å². The zero-order chi connectivity index (χ0) is 16.8. The molecule has 1 aromatic rings. The third kappa shape index (κ3) is 4.56. The van der Waals surface area contributed by atoms with Crippen molar-refractivity contribution in [3.63, 3.8) is 0 Å². The molecule has 24 heavy (non-hydrogen) atoms. The van der Waals surface area contributed by atoms with Crippen molar-refractivity contribution in [3.05, 3.63) is 24.4 Å². The van der Waals surface area contributed by atoms with Crippen LogP contribution in [0.4, 0.5) is 10.6 Å². The van der Waals surface area contributed by atoms with Crippen LogP contribution < -0.4 is 10.2 Å². The molecule has 0 bridgehead atoms. The Labute approximate surface area is 149 Å². The van der Waals surface area contributed by atoms with Crippen LogP contribution in [0.15, 0.2) is 24.4 Å². The fourth-order valence-electron chi connectivity index (χ4n) is 3.61. The van der Waals surface area contributed by atoms with E-state index >= 15 is 0 Å². The van der Waals surface area contributed by atoms with Gasteiger partial charge in [-0.25, -0.2) is 9.78 Å². The molecule has 132 valence electrons. The van der Waals surface area contributed by atoms with Crippen molar-refractivity contribution in [3.8, 4) is 0 Å². The van der Waals surface area contributed by atoms with Gasteiger partial charge >= 0.3 is 6.03 Å². The van der Waals surface area contributed by atoms with Crippen molar-refractivity contribution >= 4 is 23.6 Å². The van der Waals surface area contributed by atoms with Crippen molar-refractivity contribution in [1.29, 1.82) is 0 Å². The minimum Gasteiger partial charge on any atom is -0.355 e. The standard InChI is InChI=1S/C18H28N4OS/c1-2-24-16-8-7-15(14-16)20-18(23)22-11-5-10-21(12-13-22)17-6-3-4-9-19-17/h3-4,6,9,15-16H,2,5,7-8,10-14H2,1H3,(H,20,23)/t15-,16+/m0/s1. The van der Waals surface area contributed by atoms with Crippen LogP contribution >= 0.6 is 11.8 Å². The first-order valence-electron chi connectivity index (χ1n) is 9.09. The normalized spacial score (nSPS) is 24.7. The highest BCUT2D eigenvalue weighted by Gasteiger charge is 2.28. The molecule has 3 rings (SSSR count). The number of anilines is 1. The van der Waals surface area contributed by atoms with Crippen LogP contribution in [0.25, 0.3) is 0 Å². The molecular formula is C18H28N4OS. The number of urea groups is 1. The largest absolute Gasteiger partial charge is 0.355 e. The molecule has 2 atom stereocenters. The molecule has 0 radical (unpaired) electrons. The minimum absolute atomic E-state index is 0.116. The minimum atomic E-state index is 0.116. The van der Waals surface area contributed by atoms with Crippen molar-refractivity contribution in [2.45, 2.75) is 43.9 Å². The van der Waals surface area contributed by atoms with E-state index in [4.69, 9.17) is 0 Å². The predicted molar refractivity (Wildman–Crippen MR) is 101 cm³/mol. The number of amides is 2. The van der Waals surface area contributed by atoms with E-state index in [0.717, 1.165) is 56.5 Å². The number of carbonyl (C=O) groups excluding carboxylic acids is 1. The summed E-state index contributed by atoms with van der Waals surface area (Å²) < 4.78 is 0. The van der Waals surface area contributed by atoms with Gasteiger partial charge in [0.05, 0.1) is 0 Å². The highest BCUT2D eigenvalue weighted by atomic mass is 32.2. The highest BCUT2D eigenvalue weighted by Crippen LogP contribution is 2.29. The summed E-state index contributed by atoms with van der Waals surface area (Å²) in [5.74, 6) is 2.18. The van der Waals surface area contributed by atoms with Crippen LogP contribution in [-0.2, 0) is 0 Å². The number of nitrogens with one attached hydrogen (secondary N) is 1. The molecule has 1 aliphatic carbocycles. The number of hydrogen-bond donors (Lipinski definition) is 1. The van der Waals surface area contributed by atoms with Crippen LogP contribution in [0.2, 0.25) is 0 Å². The van der Waals surface area contributed by atoms with Gasteiger partial charge < -0.3 is 15.1 Å². The summed E-state index contributed by atoms with van der Waals surface area (Å²) >= 11 is 2.03. The van der Waals surface area contributed by atoms with Crippen molar-refractivity contribution in [2.24, 2.45) is 0 Å². The molecule has 5 nitrogen and oxygen atoms in total. The number of nitrogens with zero attached hydrogens (tertiary/aromatic N) is 3. The average molecular weight is 349 g/mol. The van der Waals surface area contributed by atoms with E-state index < -0.39 is 0 Å². The van der Waals surface area contributed by atoms with Crippen molar-refractivity contribution in [2.75, 3.05) is 36.8 Å². The number of hydrogen-bond acceptors (Lipinski definition) is 4. The molecular weight excluding hydrogens is 320 g/mol. The number of aromatic nitrogens is 1. The summed E-state index contributed by atoms with van der Waals surface area (Å²) in [4.78, 5) is 21.3. The Kier molecular flexibility index (Phi) is 6.24. The molecule has 1 N–H and O–H groups in total. The Hall–Kier alpha value is -1.43. The molecule has 6 heteroatoms. The Balaban J connectivity index is 1.48. The Morgan fingerprint density at radius 3 is 3.00 bits per heavy atom. The Morgan fingerprint density at radius 1 is 1.29 bits per heavy atom. The molecule has 2 amide bonds. The molecule has 0 unspecified atom stereocenters. The van der Waals surface area contributed by atoms with Crippen molar-refractivity contribution in [1.82, 2.24) is 15.2 Å². The van der Waals surface area contributed by atoms with E-state index in [2.05, 4.69) is 22.1 Å². The summed E-state index contributed by atoms with van der Waals surface area (Å²) in [5, 5.41) is 3.98. The molecule has 2 fully saturated rings. The summed E-state index contributed by atoms with van der Waals surface area (Å²) in [7, 11) is 0. The van der Waals surface area contributed by atoms with Gasteiger partial charge in [-0.2, -0.15) is 11.8 Å².